The SMILES string of the molecule is COc1ccc2nccc(C(O)CC[C@@H]3CCN(CCCSc4ccc(C)s4)C[C@@H]3CCC(=O)O)c2c1. The van der Waals surface area contributed by atoms with Gasteiger partial charge >= 0.3 is 5.97 Å². The zero-order valence-electron chi connectivity index (χ0n) is 21.8. The first-order chi connectivity index (χ1) is 17.9. The first-order valence-corrected chi connectivity index (χ1v) is 15.0. The maximum absolute atomic E-state index is 11.3. The van der Waals surface area contributed by atoms with Crippen molar-refractivity contribution in [1.29, 1.82) is 0 Å². The van der Waals surface area contributed by atoms with E-state index < -0.39 is 12.1 Å². The molecule has 1 aliphatic heterocycles. The molecule has 0 saturated carbocycles. The fourth-order valence-corrected chi connectivity index (χ4v) is 7.53. The van der Waals surface area contributed by atoms with E-state index in [-0.39, 0.29) is 6.42 Å². The number of thioether (sulfide) groups is 1. The van der Waals surface area contributed by atoms with Crippen molar-refractivity contribution < 1.29 is 19.7 Å². The van der Waals surface area contributed by atoms with Crippen LogP contribution in [0.1, 0.15) is 55.1 Å². The normalized spacial score (nSPS) is 19.2. The lowest BCUT2D eigenvalue weighted by Gasteiger charge is -2.39. The van der Waals surface area contributed by atoms with Crippen molar-refractivity contribution in [3.8, 4) is 5.75 Å². The van der Waals surface area contributed by atoms with E-state index in [4.69, 9.17) is 4.74 Å². The molecule has 0 aliphatic carbocycles. The highest BCUT2D eigenvalue weighted by Gasteiger charge is 2.30. The predicted octanol–water partition coefficient (Wildman–Crippen LogP) is 6.41. The molecule has 3 atom stereocenters. The van der Waals surface area contributed by atoms with E-state index in [9.17, 15) is 15.0 Å². The van der Waals surface area contributed by atoms with Crippen LogP contribution in [-0.4, -0.2) is 58.6 Å². The Morgan fingerprint density at radius 3 is 2.86 bits per heavy atom. The van der Waals surface area contributed by atoms with Crippen molar-refractivity contribution in [1.82, 2.24) is 9.88 Å². The number of carbonyl (C=O) groups is 1. The van der Waals surface area contributed by atoms with Crippen LogP contribution in [0, 0.1) is 18.8 Å². The number of aliphatic hydroxyl groups is 1. The second-order valence-corrected chi connectivity index (χ2v) is 12.7. The molecular formula is C29H38N2O4S2. The number of aromatic nitrogens is 1. The number of piperidine rings is 1. The van der Waals surface area contributed by atoms with E-state index in [0.29, 0.717) is 24.7 Å². The van der Waals surface area contributed by atoms with E-state index >= 15 is 0 Å². The molecule has 0 bridgehead atoms. The molecule has 0 radical (unpaired) electrons. The van der Waals surface area contributed by atoms with Crippen molar-refractivity contribution in [2.24, 2.45) is 11.8 Å². The maximum atomic E-state index is 11.3. The van der Waals surface area contributed by atoms with Gasteiger partial charge in [0.15, 0.2) is 0 Å². The van der Waals surface area contributed by atoms with Gasteiger partial charge in [0, 0.05) is 35.2 Å². The second-order valence-electron chi connectivity index (χ2n) is 9.99. The quantitative estimate of drug-likeness (QED) is 0.191. The number of hydrogen-bond donors (Lipinski definition) is 2. The molecule has 2 N–H and O–H groups in total. The number of methoxy groups -OCH3 is 1. The van der Waals surface area contributed by atoms with Crippen LogP contribution >= 0.6 is 23.1 Å². The van der Waals surface area contributed by atoms with Crippen molar-refractivity contribution >= 4 is 40.0 Å². The average Bonchev–Trinajstić information content (AvgIpc) is 3.33. The van der Waals surface area contributed by atoms with Gasteiger partial charge in [-0.2, -0.15) is 0 Å². The Balaban J connectivity index is 1.32. The third-order valence-electron chi connectivity index (χ3n) is 7.44. The monoisotopic (exact) mass is 542 g/mol. The van der Waals surface area contributed by atoms with Crippen LogP contribution in [0.15, 0.2) is 46.8 Å². The third-order valence-corrected chi connectivity index (χ3v) is 9.75. The number of hydrogen-bond acceptors (Lipinski definition) is 7. The summed E-state index contributed by atoms with van der Waals surface area (Å²) in [7, 11) is 1.64. The van der Waals surface area contributed by atoms with Crippen LogP contribution in [0.2, 0.25) is 0 Å². The fraction of sp³-hybridized carbons (Fsp3) is 0.517. The van der Waals surface area contributed by atoms with Crippen molar-refractivity contribution in [3.05, 3.63) is 53.0 Å². The zero-order chi connectivity index (χ0) is 26.2. The number of benzene rings is 1. The van der Waals surface area contributed by atoms with Gasteiger partial charge in [-0.15, -0.1) is 23.1 Å². The minimum atomic E-state index is -0.726. The fourth-order valence-electron chi connectivity index (χ4n) is 5.42. The summed E-state index contributed by atoms with van der Waals surface area (Å²) < 4.78 is 6.76. The summed E-state index contributed by atoms with van der Waals surface area (Å²) in [6.07, 6.45) is 5.80. The number of nitrogens with zero attached hydrogens (tertiary/aromatic N) is 2. The van der Waals surface area contributed by atoms with Gasteiger partial charge in [-0.25, -0.2) is 0 Å². The molecule has 200 valence electrons. The minimum Gasteiger partial charge on any atom is -0.497 e. The molecule has 3 heterocycles. The third kappa shape index (κ3) is 7.93. The molecule has 1 unspecified atom stereocenters. The summed E-state index contributed by atoms with van der Waals surface area (Å²) in [6, 6.07) is 12.0. The van der Waals surface area contributed by atoms with Gasteiger partial charge in [0.1, 0.15) is 5.75 Å². The van der Waals surface area contributed by atoms with Crippen LogP contribution in [-0.2, 0) is 4.79 Å². The Morgan fingerprint density at radius 2 is 2.11 bits per heavy atom. The van der Waals surface area contributed by atoms with Crippen LogP contribution in [0.3, 0.4) is 0 Å². The van der Waals surface area contributed by atoms with E-state index in [1.54, 1.807) is 13.3 Å². The molecule has 1 fully saturated rings. The summed E-state index contributed by atoms with van der Waals surface area (Å²) >= 11 is 3.79. The van der Waals surface area contributed by atoms with Crippen LogP contribution in [0.25, 0.3) is 10.9 Å². The van der Waals surface area contributed by atoms with E-state index in [2.05, 4.69) is 28.9 Å². The molecule has 4 rings (SSSR count). The Hall–Kier alpha value is -2.13. The van der Waals surface area contributed by atoms with Crippen molar-refractivity contribution in [3.63, 3.8) is 0 Å². The summed E-state index contributed by atoms with van der Waals surface area (Å²) in [5, 5.41) is 21.4. The van der Waals surface area contributed by atoms with Gasteiger partial charge in [-0.1, -0.05) is 0 Å². The van der Waals surface area contributed by atoms with Gasteiger partial charge in [-0.05, 0) is 106 Å². The molecule has 3 aromatic rings. The van der Waals surface area contributed by atoms with Gasteiger partial charge in [0.05, 0.1) is 22.9 Å². The number of thiophene rings is 1. The van der Waals surface area contributed by atoms with Crippen LogP contribution < -0.4 is 4.74 Å². The largest absolute Gasteiger partial charge is 0.497 e. The molecule has 0 amide bonds. The number of fused-ring (bicyclic) bond motifs is 1. The molecule has 1 saturated heterocycles. The molecule has 37 heavy (non-hydrogen) atoms. The minimum absolute atomic E-state index is 0.208. The highest BCUT2D eigenvalue weighted by atomic mass is 32.2. The van der Waals surface area contributed by atoms with Gasteiger partial charge in [0.25, 0.3) is 0 Å². The molecule has 6 nitrogen and oxygen atoms in total. The lowest BCUT2D eigenvalue weighted by molar-refractivity contribution is -0.137. The number of ether oxygens (including phenoxy) is 1. The smallest absolute Gasteiger partial charge is 0.303 e. The van der Waals surface area contributed by atoms with Crippen LogP contribution in [0.5, 0.6) is 5.75 Å². The number of pyridine rings is 1. The maximum Gasteiger partial charge on any atom is 0.303 e. The van der Waals surface area contributed by atoms with Gasteiger partial charge < -0.3 is 19.8 Å². The number of likely N-dealkylation sites (tertiary alicyclic amines) is 1. The number of carboxylic acid groups (broad SMARTS) is 1. The topological polar surface area (TPSA) is 82.9 Å². The Morgan fingerprint density at radius 1 is 1.24 bits per heavy atom. The van der Waals surface area contributed by atoms with Crippen LogP contribution in [0.4, 0.5) is 0 Å². The number of carboxylic acids is 1. The standard InChI is InChI=1S/C29H38N2O4S2/c1-20-4-11-29(37-20)36-17-3-15-31-16-13-21(22(19-31)6-10-28(33)34)5-9-27(32)24-12-14-30-26-8-7-23(35-2)18-25(24)26/h4,7-8,11-12,14,18,21-22,27,32H,3,5-6,9-10,13,15-17,19H2,1-2H3,(H,33,34)/t21-,22+,27?/m1/s1. The second kappa shape index (κ2) is 13.6. The number of aliphatic carboxylic acids is 1. The Labute approximate surface area is 228 Å². The summed E-state index contributed by atoms with van der Waals surface area (Å²) in [5.41, 5.74) is 1.72. The highest BCUT2D eigenvalue weighted by molar-refractivity contribution is 8.01. The van der Waals surface area contributed by atoms with E-state index in [1.165, 1.54) is 9.09 Å². The summed E-state index contributed by atoms with van der Waals surface area (Å²) in [5.74, 6) is 1.90. The average molecular weight is 543 g/mol. The lowest BCUT2D eigenvalue weighted by atomic mass is 9.79. The molecule has 2 aromatic heterocycles. The lowest BCUT2D eigenvalue weighted by Crippen LogP contribution is -2.41. The molecule has 0 spiro atoms. The molecule has 8 heteroatoms. The van der Waals surface area contributed by atoms with Gasteiger partial charge in [0.2, 0.25) is 0 Å². The summed E-state index contributed by atoms with van der Waals surface area (Å²) in [6.45, 7) is 5.20. The van der Waals surface area contributed by atoms with Crippen molar-refractivity contribution in [2.75, 3.05) is 32.5 Å². The summed E-state index contributed by atoms with van der Waals surface area (Å²) in [4.78, 5) is 19.6. The first-order valence-electron chi connectivity index (χ1n) is 13.2. The first kappa shape index (κ1) is 27.9. The number of rotatable bonds is 13. The zero-order valence-corrected chi connectivity index (χ0v) is 23.4. The molecule has 1 aliphatic rings. The van der Waals surface area contributed by atoms with E-state index in [1.807, 2.05) is 47.4 Å². The number of aryl methyl sites for hydroxylation is 1. The Bertz CT molecular complexity index is 1170. The van der Waals surface area contributed by atoms with E-state index in [0.717, 1.165) is 66.9 Å². The molecular weight excluding hydrogens is 504 g/mol. The van der Waals surface area contributed by atoms with Crippen molar-refractivity contribution in [2.45, 2.75) is 55.8 Å². The predicted molar refractivity (Wildman–Crippen MR) is 152 cm³/mol. The Kier molecular flexibility index (Phi) is 10.3. The van der Waals surface area contributed by atoms with Gasteiger partial charge in [-0.3, -0.25) is 9.78 Å². The number of aliphatic hydroxyl groups excluding tert-OH is 1. The highest BCUT2D eigenvalue weighted by Crippen LogP contribution is 2.35. The molecule has 1 aromatic carbocycles.